The van der Waals surface area contributed by atoms with E-state index in [1.165, 1.54) is 12.0 Å². The van der Waals surface area contributed by atoms with Crippen molar-refractivity contribution in [1.82, 2.24) is 15.6 Å². The average molecular weight is 247 g/mol. The number of amides is 1. The number of nitrogens with zero attached hydrogens (tertiary/aromatic N) is 1. The summed E-state index contributed by atoms with van der Waals surface area (Å²) in [5, 5.41) is 6.32. The van der Waals surface area contributed by atoms with Crippen LogP contribution in [0.2, 0.25) is 0 Å². The minimum Gasteiger partial charge on any atom is -0.356 e. The third-order valence-corrected chi connectivity index (χ3v) is 3.34. The van der Waals surface area contributed by atoms with E-state index in [4.69, 9.17) is 0 Å². The van der Waals surface area contributed by atoms with E-state index in [-0.39, 0.29) is 5.91 Å². The van der Waals surface area contributed by atoms with Crippen LogP contribution in [0, 0.1) is 5.92 Å². The number of nitrogens with one attached hydrogen (secondary N) is 2. The predicted molar refractivity (Wildman–Crippen MR) is 71.2 cm³/mol. The fraction of sp³-hybridized carbons (Fsp3) is 0.571. The van der Waals surface area contributed by atoms with Crippen LogP contribution < -0.4 is 10.6 Å². The van der Waals surface area contributed by atoms with Gasteiger partial charge in [0.05, 0.1) is 0 Å². The lowest BCUT2D eigenvalue weighted by Crippen LogP contribution is -2.30. The van der Waals surface area contributed by atoms with Crippen molar-refractivity contribution < 1.29 is 4.79 Å². The Morgan fingerprint density at radius 3 is 3.22 bits per heavy atom. The Hall–Kier alpha value is -1.42. The van der Waals surface area contributed by atoms with Crippen LogP contribution in [0.4, 0.5) is 0 Å². The molecule has 1 aliphatic rings. The molecule has 0 saturated carbocycles. The Morgan fingerprint density at radius 2 is 2.50 bits per heavy atom. The maximum absolute atomic E-state index is 11.6. The van der Waals surface area contributed by atoms with Crippen molar-refractivity contribution in [3.05, 3.63) is 30.1 Å². The van der Waals surface area contributed by atoms with E-state index >= 15 is 0 Å². The van der Waals surface area contributed by atoms with E-state index in [9.17, 15) is 4.79 Å². The molecule has 2 heterocycles. The monoisotopic (exact) mass is 247 g/mol. The maximum Gasteiger partial charge on any atom is 0.220 e. The molecule has 1 unspecified atom stereocenters. The topological polar surface area (TPSA) is 54.0 Å². The molecule has 0 spiro atoms. The molecule has 0 aliphatic carbocycles. The van der Waals surface area contributed by atoms with Crippen molar-refractivity contribution >= 4 is 5.91 Å². The summed E-state index contributed by atoms with van der Waals surface area (Å²) in [7, 11) is 0. The average Bonchev–Trinajstić information content (AvgIpc) is 2.91. The number of pyridine rings is 1. The first-order valence-corrected chi connectivity index (χ1v) is 6.71. The van der Waals surface area contributed by atoms with Crippen LogP contribution >= 0.6 is 0 Å². The van der Waals surface area contributed by atoms with Gasteiger partial charge in [0.15, 0.2) is 0 Å². The molecule has 1 aromatic rings. The van der Waals surface area contributed by atoms with Crippen molar-refractivity contribution in [2.24, 2.45) is 5.92 Å². The van der Waals surface area contributed by atoms with Gasteiger partial charge in [-0.15, -0.1) is 0 Å². The molecule has 2 rings (SSSR count). The predicted octanol–water partition coefficient (Wildman–Crippen LogP) is 1.13. The van der Waals surface area contributed by atoms with Gasteiger partial charge < -0.3 is 10.6 Å². The third kappa shape index (κ3) is 4.45. The van der Waals surface area contributed by atoms with Crippen LogP contribution in [-0.4, -0.2) is 30.5 Å². The number of aryl methyl sites for hydroxylation is 1. The summed E-state index contributed by atoms with van der Waals surface area (Å²) in [6.45, 7) is 2.94. The van der Waals surface area contributed by atoms with Gasteiger partial charge in [0, 0.05) is 25.4 Å². The normalized spacial score (nSPS) is 18.8. The molecule has 2 N–H and O–H groups in total. The molecule has 1 aliphatic heterocycles. The highest BCUT2D eigenvalue weighted by Gasteiger charge is 2.14. The maximum atomic E-state index is 11.6. The van der Waals surface area contributed by atoms with Crippen molar-refractivity contribution in [1.29, 1.82) is 0 Å². The zero-order valence-corrected chi connectivity index (χ0v) is 10.7. The van der Waals surface area contributed by atoms with Gasteiger partial charge in [0.2, 0.25) is 5.91 Å². The number of hydrogen-bond donors (Lipinski definition) is 2. The van der Waals surface area contributed by atoms with Crippen LogP contribution in [-0.2, 0) is 11.2 Å². The van der Waals surface area contributed by atoms with Crippen molar-refractivity contribution in [2.45, 2.75) is 25.7 Å². The summed E-state index contributed by atoms with van der Waals surface area (Å²) >= 11 is 0. The quantitative estimate of drug-likeness (QED) is 0.792. The summed E-state index contributed by atoms with van der Waals surface area (Å²) in [5.41, 5.74) is 1.20. The Bertz CT molecular complexity index is 361. The highest BCUT2D eigenvalue weighted by Crippen LogP contribution is 2.06. The van der Waals surface area contributed by atoms with E-state index in [0.717, 1.165) is 32.5 Å². The minimum atomic E-state index is 0.172. The minimum absolute atomic E-state index is 0.172. The van der Waals surface area contributed by atoms with E-state index in [2.05, 4.69) is 21.7 Å². The first kappa shape index (κ1) is 13.0. The molecular formula is C14H21N3O. The number of hydrogen-bond acceptors (Lipinski definition) is 3. The Morgan fingerprint density at radius 1 is 1.56 bits per heavy atom. The summed E-state index contributed by atoms with van der Waals surface area (Å²) in [4.78, 5) is 15.7. The summed E-state index contributed by atoms with van der Waals surface area (Å²) in [6.07, 6.45) is 7.23. The lowest BCUT2D eigenvalue weighted by Gasteiger charge is -2.09. The van der Waals surface area contributed by atoms with Crippen LogP contribution in [0.5, 0.6) is 0 Å². The molecule has 0 aromatic carbocycles. The van der Waals surface area contributed by atoms with Crippen molar-refractivity contribution in [2.75, 3.05) is 19.6 Å². The van der Waals surface area contributed by atoms with Crippen molar-refractivity contribution in [3.8, 4) is 0 Å². The summed E-state index contributed by atoms with van der Waals surface area (Å²) < 4.78 is 0. The molecule has 4 heteroatoms. The molecule has 1 saturated heterocycles. The summed E-state index contributed by atoms with van der Waals surface area (Å²) in [6, 6.07) is 3.98. The van der Waals surface area contributed by atoms with Gasteiger partial charge in [-0.05, 0) is 49.9 Å². The third-order valence-electron chi connectivity index (χ3n) is 3.34. The van der Waals surface area contributed by atoms with Crippen molar-refractivity contribution in [3.63, 3.8) is 0 Å². The van der Waals surface area contributed by atoms with E-state index in [1.807, 2.05) is 12.3 Å². The summed E-state index contributed by atoms with van der Waals surface area (Å²) in [5.74, 6) is 0.790. The van der Waals surface area contributed by atoms with Gasteiger partial charge in [-0.25, -0.2) is 0 Å². The van der Waals surface area contributed by atoms with E-state index in [1.54, 1.807) is 6.20 Å². The molecule has 18 heavy (non-hydrogen) atoms. The molecular weight excluding hydrogens is 226 g/mol. The van der Waals surface area contributed by atoms with Gasteiger partial charge in [0.1, 0.15) is 0 Å². The molecule has 1 fully saturated rings. The van der Waals surface area contributed by atoms with E-state index < -0.39 is 0 Å². The Balaban J connectivity index is 1.57. The highest BCUT2D eigenvalue weighted by molar-refractivity contribution is 5.75. The van der Waals surface area contributed by atoms with Crippen LogP contribution in [0.15, 0.2) is 24.5 Å². The second-order valence-electron chi connectivity index (χ2n) is 4.88. The van der Waals surface area contributed by atoms with Gasteiger partial charge in [-0.1, -0.05) is 6.07 Å². The Kier molecular flexibility index (Phi) is 5.15. The van der Waals surface area contributed by atoms with Gasteiger partial charge in [-0.2, -0.15) is 0 Å². The zero-order valence-electron chi connectivity index (χ0n) is 10.7. The number of aromatic nitrogens is 1. The molecule has 1 amide bonds. The molecule has 1 atom stereocenters. The Labute approximate surface area is 108 Å². The van der Waals surface area contributed by atoms with Crippen LogP contribution in [0.25, 0.3) is 0 Å². The fourth-order valence-corrected chi connectivity index (χ4v) is 2.23. The number of carbonyl (C=O) groups is 1. The van der Waals surface area contributed by atoms with Crippen LogP contribution in [0.1, 0.15) is 24.8 Å². The van der Waals surface area contributed by atoms with Gasteiger partial charge >= 0.3 is 0 Å². The molecule has 98 valence electrons. The second kappa shape index (κ2) is 7.11. The first-order chi connectivity index (χ1) is 8.84. The number of rotatable bonds is 6. The van der Waals surface area contributed by atoms with Gasteiger partial charge in [-0.3, -0.25) is 9.78 Å². The fourth-order valence-electron chi connectivity index (χ4n) is 2.23. The molecule has 0 radical (unpaired) electrons. The second-order valence-corrected chi connectivity index (χ2v) is 4.88. The first-order valence-electron chi connectivity index (χ1n) is 6.71. The van der Waals surface area contributed by atoms with Gasteiger partial charge in [0.25, 0.3) is 0 Å². The molecule has 0 bridgehead atoms. The lowest BCUT2D eigenvalue weighted by molar-refractivity contribution is -0.121. The standard InChI is InChI=1S/C14H21N3O/c18-14(17-11-13-6-8-16-10-13)5-1-3-12-4-2-7-15-9-12/h2,4,7,9,13,16H,1,3,5-6,8,10-11H2,(H,17,18). The van der Waals surface area contributed by atoms with E-state index in [0.29, 0.717) is 12.3 Å². The highest BCUT2D eigenvalue weighted by atomic mass is 16.1. The molecule has 4 nitrogen and oxygen atoms in total. The van der Waals surface area contributed by atoms with Crippen LogP contribution in [0.3, 0.4) is 0 Å². The largest absolute Gasteiger partial charge is 0.356 e. The SMILES string of the molecule is O=C(CCCc1cccnc1)NCC1CCNC1. The zero-order chi connectivity index (χ0) is 12.6. The smallest absolute Gasteiger partial charge is 0.220 e. The number of carbonyl (C=O) groups excluding carboxylic acids is 1. The molecule has 1 aromatic heterocycles. The lowest BCUT2D eigenvalue weighted by atomic mass is 10.1.